The van der Waals surface area contributed by atoms with Crippen LogP contribution < -0.4 is 4.74 Å². The summed E-state index contributed by atoms with van der Waals surface area (Å²) in [6.45, 7) is 1.93. The molecule has 17 heavy (non-hydrogen) atoms. The van der Waals surface area contributed by atoms with Crippen LogP contribution in [0.4, 0.5) is 4.79 Å². The zero-order valence-electron chi connectivity index (χ0n) is 9.25. The van der Waals surface area contributed by atoms with Gasteiger partial charge in [-0.2, -0.15) is 0 Å². The molecule has 0 unspecified atom stereocenters. The molecular formula is C12H12O5. The molecule has 1 rings (SSSR count). The van der Waals surface area contributed by atoms with Crippen molar-refractivity contribution in [1.29, 1.82) is 0 Å². The maximum absolute atomic E-state index is 11.0. The van der Waals surface area contributed by atoms with Gasteiger partial charge in [0.15, 0.2) is 0 Å². The largest absolute Gasteiger partial charge is 0.513 e. The fourth-order valence-electron chi connectivity index (χ4n) is 1.06. The number of benzene rings is 1. The van der Waals surface area contributed by atoms with Crippen molar-refractivity contribution < 1.29 is 24.2 Å². The number of hydrogen-bond donors (Lipinski definition) is 1. The molecule has 0 aliphatic rings. The maximum atomic E-state index is 11.0. The van der Waals surface area contributed by atoms with Crippen LogP contribution in [-0.2, 0) is 9.53 Å². The summed E-state index contributed by atoms with van der Waals surface area (Å²) < 4.78 is 9.44. The Bertz CT molecular complexity index is 419. The third-order valence-electron chi connectivity index (χ3n) is 1.76. The third kappa shape index (κ3) is 4.83. The number of rotatable bonds is 4. The summed E-state index contributed by atoms with van der Waals surface area (Å²) in [6.07, 6.45) is 1.71. The minimum atomic E-state index is -1.02. The van der Waals surface area contributed by atoms with Crippen molar-refractivity contribution >= 4 is 18.2 Å². The standard InChI is InChI=1S/C12H12O5/c1-2-16-12(15)17-10-6-3-9(4-7-10)5-8-11(13)14/h3-8H,2H2,1H3,(H,13,14)/b8-5+. The molecule has 0 saturated carbocycles. The van der Waals surface area contributed by atoms with Crippen molar-refractivity contribution in [2.75, 3.05) is 6.61 Å². The van der Waals surface area contributed by atoms with Crippen LogP contribution in [0.25, 0.3) is 6.08 Å². The van der Waals surface area contributed by atoms with Crippen molar-refractivity contribution in [2.45, 2.75) is 6.92 Å². The minimum Gasteiger partial charge on any atom is -0.478 e. The lowest BCUT2D eigenvalue weighted by molar-refractivity contribution is -0.131. The molecule has 0 aliphatic carbocycles. The zero-order chi connectivity index (χ0) is 12.7. The van der Waals surface area contributed by atoms with Gasteiger partial charge in [0.05, 0.1) is 6.61 Å². The van der Waals surface area contributed by atoms with E-state index in [1.54, 1.807) is 31.2 Å². The van der Waals surface area contributed by atoms with Crippen molar-refractivity contribution in [3.8, 4) is 5.75 Å². The summed E-state index contributed by atoms with van der Waals surface area (Å²) in [7, 11) is 0. The molecule has 0 aliphatic heterocycles. The first-order valence-corrected chi connectivity index (χ1v) is 4.97. The smallest absolute Gasteiger partial charge is 0.478 e. The van der Waals surface area contributed by atoms with Crippen LogP contribution in [0, 0.1) is 0 Å². The fourth-order valence-corrected chi connectivity index (χ4v) is 1.06. The Morgan fingerprint density at radius 1 is 1.29 bits per heavy atom. The van der Waals surface area contributed by atoms with E-state index in [9.17, 15) is 9.59 Å². The molecule has 5 heteroatoms. The van der Waals surface area contributed by atoms with Crippen LogP contribution in [-0.4, -0.2) is 23.8 Å². The van der Waals surface area contributed by atoms with E-state index in [4.69, 9.17) is 9.84 Å². The van der Waals surface area contributed by atoms with Crippen LogP contribution in [0.15, 0.2) is 30.3 Å². The lowest BCUT2D eigenvalue weighted by atomic mass is 10.2. The Morgan fingerprint density at radius 3 is 2.47 bits per heavy atom. The number of carbonyl (C=O) groups is 2. The second kappa shape index (κ2) is 6.32. The van der Waals surface area contributed by atoms with Gasteiger partial charge in [-0.25, -0.2) is 9.59 Å². The molecule has 90 valence electrons. The van der Waals surface area contributed by atoms with Gasteiger partial charge in [0.25, 0.3) is 0 Å². The summed E-state index contributed by atoms with van der Waals surface area (Å²) in [5.74, 6) is -0.673. The van der Waals surface area contributed by atoms with E-state index < -0.39 is 12.1 Å². The molecule has 0 fully saturated rings. The van der Waals surface area contributed by atoms with Gasteiger partial charge in [-0.1, -0.05) is 12.1 Å². The Labute approximate surface area is 98.3 Å². The third-order valence-corrected chi connectivity index (χ3v) is 1.76. The molecule has 0 radical (unpaired) electrons. The van der Waals surface area contributed by atoms with Crippen molar-refractivity contribution in [2.24, 2.45) is 0 Å². The molecule has 1 N–H and O–H groups in total. The highest BCUT2D eigenvalue weighted by atomic mass is 16.7. The van der Waals surface area contributed by atoms with Gasteiger partial charge in [-0.05, 0) is 30.7 Å². The van der Waals surface area contributed by atoms with Crippen LogP contribution in [0.1, 0.15) is 12.5 Å². The second-order valence-electron chi connectivity index (χ2n) is 3.03. The van der Waals surface area contributed by atoms with Gasteiger partial charge in [-0.3, -0.25) is 0 Å². The monoisotopic (exact) mass is 236 g/mol. The highest BCUT2D eigenvalue weighted by molar-refractivity contribution is 5.85. The van der Waals surface area contributed by atoms with Gasteiger partial charge in [0.2, 0.25) is 0 Å². The summed E-state index contributed by atoms with van der Waals surface area (Å²) in [4.78, 5) is 21.3. The van der Waals surface area contributed by atoms with E-state index in [-0.39, 0.29) is 6.61 Å². The highest BCUT2D eigenvalue weighted by Crippen LogP contribution is 2.13. The van der Waals surface area contributed by atoms with Crippen LogP contribution in [0.5, 0.6) is 5.75 Å². The van der Waals surface area contributed by atoms with E-state index in [1.165, 1.54) is 6.08 Å². The molecular weight excluding hydrogens is 224 g/mol. The Hall–Kier alpha value is -2.30. The van der Waals surface area contributed by atoms with Crippen molar-refractivity contribution in [3.63, 3.8) is 0 Å². The summed E-state index contributed by atoms with van der Waals surface area (Å²) in [6, 6.07) is 6.37. The number of hydrogen-bond acceptors (Lipinski definition) is 4. The van der Waals surface area contributed by atoms with Gasteiger partial charge in [0.1, 0.15) is 5.75 Å². The first-order valence-electron chi connectivity index (χ1n) is 4.97. The van der Waals surface area contributed by atoms with Gasteiger partial charge < -0.3 is 14.6 Å². The van der Waals surface area contributed by atoms with E-state index in [2.05, 4.69) is 4.74 Å². The molecule has 0 amide bonds. The van der Waals surface area contributed by atoms with E-state index in [1.807, 2.05) is 0 Å². The first-order chi connectivity index (χ1) is 8.11. The van der Waals surface area contributed by atoms with Crippen LogP contribution in [0.2, 0.25) is 0 Å². The Morgan fingerprint density at radius 2 is 1.94 bits per heavy atom. The number of carboxylic acids is 1. The number of ether oxygens (including phenoxy) is 2. The average molecular weight is 236 g/mol. The van der Waals surface area contributed by atoms with Crippen LogP contribution in [0.3, 0.4) is 0 Å². The van der Waals surface area contributed by atoms with Crippen LogP contribution >= 0.6 is 0 Å². The SMILES string of the molecule is CCOC(=O)Oc1ccc(/C=C/C(=O)O)cc1. The second-order valence-corrected chi connectivity index (χ2v) is 3.03. The molecule has 0 bridgehead atoms. The first kappa shape index (κ1) is 12.8. The predicted molar refractivity (Wildman–Crippen MR) is 60.8 cm³/mol. The lowest BCUT2D eigenvalue weighted by Gasteiger charge is -2.03. The van der Waals surface area contributed by atoms with Gasteiger partial charge in [0, 0.05) is 6.08 Å². The fraction of sp³-hybridized carbons (Fsp3) is 0.167. The van der Waals surface area contributed by atoms with E-state index in [0.717, 1.165) is 6.08 Å². The molecule has 5 nitrogen and oxygen atoms in total. The Balaban J connectivity index is 2.62. The highest BCUT2D eigenvalue weighted by Gasteiger charge is 2.03. The van der Waals surface area contributed by atoms with Crippen molar-refractivity contribution in [3.05, 3.63) is 35.9 Å². The molecule has 0 heterocycles. The number of aliphatic carboxylic acids is 1. The maximum Gasteiger partial charge on any atom is 0.513 e. The van der Waals surface area contributed by atoms with Crippen molar-refractivity contribution in [1.82, 2.24) is 0 Å². The number of carboxylic acid groups (broad SMARTS) is 1. The predicted octanol–water partition coefficient (Wildman–Crippen LogP) is 2.32. The number of carbonyl (C=O) groups excluding carboxylic acids is 1. The van der Waals surface area contributed by atoms with E-state index in [0.29, 0.717) is 11.3 Å². The molecule has 0 spiro atoms. The normalized spacial score (nSPS) is 10.2. The zero-order valence-corrected chi connectivity index (χ0v) is 9.25. The van der Waals surface area contributed by atoms with Gasteiger partial charge >= 0.3 is 12.1 Å². The molecule has 0 aromatic heterocycles. The summed E-state index contributed by atoms with van der Waals surface area (Å²) in [5.41, 5.74) is 0.698. The van der Waals surface area contributed by atoms with E-state index >= 15 is 0 Å². The topological polar surface area (TPSA) is 72.8 Å². The average Bonchev–Trinajstić information content (AvgIpc) is 2.28. The molecule has 0 saturated heterocycles. The molecule has 1 aromatic carbocycles. The summed E-state index contributed by atoms with van der Waals surface area (Å²) >= 11 is 0. The van der Waals surface area contributed by atoms with Gasteiger partial charge in [-0.15, -0.1) is 0 Å². The quantitative estimate of drug-likeness (QED) is 0.493. The lowest BCUT2D eigenvalue weighted by Crippen LogP contribution is -2.09. The molecule has 0 atom stereocenters. The minimum absolute atomic E-state index is 0.248. The Kier molecular flexibility index (Phi) is 4.75. The molecule has 1 aromatic rings. The summed E-state index contributed by atoms with van der Waals surface area (Å²) in [5, 5.41) is 8.43.